The number of amidine groups is 1. The molecule has 0 bridgehead atoms. The van der Waals surface area contributed by atoms with E-state index in [0.29, 0.717) is 6.10 Å². The van der Waals surface area contributed by atoms with Crippen LogP contribution in [0.3, 0.4) is 0 Å². The highest BCUT2D eigenvalue weighted by Crippen LogP contribution is 2.30. The third kappa shape index (κ3) is 2.61. The lowest BCUT2D eigenvalue weighted by atomic mass is 10.2. The number of nitrogens with two attached hydrogens (primary N) is 1. The number of hydrogen-bond donors (Lipinski definition) is 2. The van der Waals surface area contributed by atoms with E-state index in [4.69, 9.17) is 15.9 Å². The number of benzene rings is 1. The molecular formula is C12H16BrN3O. The normalized spacial score (nSPS) is 19.6. The minimum Gasteiger partial charge on any atom is -0.384 e. The Hall–Kier alpha value is -1.07. The molecule has 0 radical (unpaired) electrons. The molecule has 1 unspecified atom stereocenters. The van der Waals surface area contributed by atoms with Gasteiger partial charge in [0.05, 0.1) is 11.8 Å². The van der Waals surface area contributed by atoms with Gasteiger partial charge >= 0.3 is 0 Å². The summed E-state index contributed by atoms with van der Waals surface area (Å²) in [5, 5.41) is 7.40. The quantitative estimate of drug-likeness (QED) is 0.662. The molecule has 0 spiro atoms. The molecule has 0 aliphatic carbocycles. The maximum absolute atomic E-state index is 7.40. The summed E-state index contributed by atoms with van der Waals surface area (Å²) in [5.41, 5.74) is 7.33. The van der Waals surface area contributed by atoms with Gasteiger partial charge in [0.25, 0.3) is 0 Å². The third-order valence-corrected chi connectivity index (χ3v) is 3.71. The number of hydrogen-bond acceptors (Lipinski definition) is 3. The summed E-state index contributed by atoms with van der Waals surface area (Å²) in [7, 11) is 1.75. The summed E-state index contributed by atoms with van der Waals surface area (Å²) in [6.07, 6.45) is 1.37. The lowest BCUT2D eigenvalue weighted by Crippen LogP contribution is -2.22. The first-order valence-corrected chi connectivity index (χ1v) is 6.33. The SMILES string of the molecule is COC1CCN(c2ccc(C(=N)N)cc2Br)C1. The molecule has 5 heteroatoms. The Bertz CT molecular complexity index is 436. The molecule has 4 nitrogen and oxygen atoms in total. The second-order valence-corrected chi connectivity index (χ2v) is 5.03. The van der Waals surface area contributed by atoms with Crippen molar-refractivity contribution in [2.24, 2.45) is 5.73 Å². The van der Waals surface area contributed by atoms with E-state index in [1.54, 1.807) is 7.11 Å². The highest BCUT2D eigenvalue weighted by atomic mass is 79.9. The van der Waals surface area contributed by atoms with Crippen molar-refractivity contribution in [3.63, 3.8) is 0 Å². The third-order valence-electron chi connectivity index (χ3n) is 3.08. The second kappa shape index (κ2) is 5.06. The molecule has 92 valence electrons. The van der Waals surface area contributed by atoms with Gasteiger partial charge in [-0.25, -0.2) is 0 Å². The Morgan fingerprint density at radius 3 is 2.88 bits per heavy atom. The van der Waals surface area contributed by atoms with Crippen molar-refractivity contribution in [1.29, 1.82) is 5.41 Å². The van der Waals surface area contributed by atoms with Gasteiger partial charge in [-0.1, -0.05) is 0 Å². The maximum atomic E-state index is 7.40. The van der Waals surface area contributed by atoms with Gasteiger partial charge in [-0.05, 0) is 40.5 Å². The monoisotopic (exact) mass is 297 g/mol. The van der Waals surface area contributed by atoms with Gasteiger partial charge in [0.1, 0.15) is 5.84 Å². The molecule has 1 aromatic carbocycles. The first-order chi connectivity index (χ1) is 8.11. The zero-order chi connectivity index (χ0) is 12.4. The van der Waals surface area contributed by atoms with Gasteiger partial charge in [0, 0.05) is 30.2 Å². The van der Waals surface area contributed by atoms with Crippen LogP contribution >= 0.6 is 15.9 Å². The highest BCUT2D eigenvalue weighted by Gasteiger charge is 2.23. The Kier molecular flexibility index (Phi) is 3.69. The van der Waals surface area contributed by atoms with Crippen LogP contribution in [-0.4, -0.2) is 32.1 Å². The Balaban J connectivity index is 2.20. The summed E-state index contributed by atoms with van der Waals surface area (Å²) in [4.78, 5) is 2.28. The first-order valence-electron chi connectivity index (χ1n) is 5.53. The van der Waals surface area contributed by atoms with Gasteiger partial charge in [0.2, 0.25) is 0 Å². The molecule has 1 aromatic rings. The van der Waals surface area contributed by atoms with Crippen molar-refractivity contribution >= 4 is 27.5 Å². The van der Waals surface area contributed by atoms with Crippen LogP contribution in [0.25, 0.3) is 0 Å². The Morgan fingerprint density at radius 1 is 1.59 bits per heavy atom. The second-order valence-electron chi connectivity index (χ2n) is 4.17. The van der Waals surface area contributed by atoms with Gasteiger partial charge < -0.3 is 15.4 Å². The number of nitrogen functional groups attached to an aromatic ring is 1. The van der Waals surface area contributed by atoms with Crippen molar-refractivity contribution in [3.8, 4) is 0 Å². The topological polar surface area (TPSA) is 62.3 Å². The van der Waals surface area contributed by atoms with Crippen molar-refractivity contribution in [1.82, 2.24) is 0 Å². The fourth-order valence-corrected chi connectivity index (χ4v) is 2.70. The molecule has 1 aliphatic rings. The summed E-state index contributed by atoms with van der Waals surface area (Å²) in [6, 6.07) is 5.76. The number of rotatable bonds is 3. The molecule has 0 amide bonds. The van der Waals surface area contributed by atoms with Crippen molar-refractivity contribution in [3.05, 3.63) is 28.2 Å². The number of methoxy groups -OCH3 is 1. The molecular weight excluding hydrogens is 282 g/mol. The average Bonchev–Trinajstić information content (AvgIpc) is 2.77. The lowest BCUT2D eigenvalue weighted by Gasteiger charge is -2.20. The number of nitrogens with zero attached hydrogens (tertiary/aromatic N) is 1. The lowest BCUT2D eigenvalue weighted by molar-refractivity contribution is 0.121. The summed E-state index contributed by atoms with van der Waals surface area (Å²) >= 11 is 3.53. The summed E-state index contributed by atoms with van der Waals surface area (Å²) in [5.74, 6) is 0.0911. The molecule has 3 N–H and O–H groups in total. The van der Waals surface area contributed by atoms with E-state index < -0.39 is 0 Å². The van der Waals surface area contributed by atoms with Gasteiger partial charge in [-0.2, -0.15) is 0 Å². The van der Waals surface area contributed by atoms with Crippen LogP contribution < -0.4 is 10.6 Å². The molecule has 1 heterocycles. The van der Waals surface area contributed by atoms with Crippen LogP contribution in [0.15, 0.2) is 22.7 Å². The van der Waals surface area contributed by atoms with E-state index in [1.165, 1.54) is 0 Å². The molecule has 1 aliphatic heterocycles. The van der Waals surface area contributed by atoms with E-state index >= 15 is 0 Å². The number of ether oxygens (including phenoxy) is 1. The number of nitrogens with one attached hydrogen (secondary N) is 1. The zero-order valence-electron chi connectivity index (χ0n) is 9.74. The Labute approximate surface area is 109 Å². The van der Waals surface area contributed by atoms with Gasteiger partial charge in [-0.3, -0.25) is 5.41 Å². The number of halogens is 1. The molecule has 17 heavy (non-hydrogen) atoms. The predicted molar refractivity (Wildman–Crippen MR) is 72.8 cm³/mol. The predicted octanol–water partition coefficient (Wildman–Crippen LogP) is 1.96. The molecule has 0 aromatic heterocycles. The summed E-state index contributed by atoms with van der Waals surface area (Å²) in [6.45, 7) is 1.91. The van der Waals surface area contributed by atoms with Crippen LogP contribution in [0.5, 0.6) is 0 Å². The van der Waals surface area contributed by atoms with Crippen LogP contribution in [0.2, 0.25) is 0 Å². The average molecular weight is 298 g/mol. The van der Waals surface area contributed by atoms with Gasteiger partial charge in [-0.15, -0.1) is 0 Å². The number of anilines is 1. The highest BCUT2D eigenvalue weighted by molar-refractivity contribution is 9.10. The molecule has 2 rings (SSSR count). The van der Waals surface area contributed by atoms with Crippen LogP contribution in [0.4, 0.5) is 5.69 Å². The van der Waals surface area contributed by atoms with Crippen molar-refractivity contribution in [2.45, 2.75) is 12.5 Å². The maximum Gasteiger partial charge on any atom is 0.122 e. The molecule has 1 atom stereocenters. The van der Waals surface area contributed by atoms with Crippen LogP contribution in [0.1, 0.15) is 12.0 Å². The minimum absolute atomic E-state index is 0.0911. The van der Waals surface area contributed by atoms with E-state index in [9.17, 15) is 0 Å². The fourth-order valence-electron chi connectivity index (χ4n) is 2.07. The smallest absolute Gasteiger partial charge is 0.122 e. The van der Waals surface area contributed by atoms with Crippen molar-refractivity contribution < 1.29 is 4.74 Å². The molecule has 1 saturated heterocycles. The van der Waals surface area contributed by atoms with E-state index in [-0.39, 0.29) is 5.84 Å². The standard InChI is InChI=1S/C12H16BrN3O/c1-17-9-4-5-16(7-9)11-3-2-8(12(14)15)6-10(11)13/h2-3,6,9H,4-5,7H2,1H3,(H3,14,15). The fraction of sp³-hybridized carbons (Fsp3) is 0.417. The molecule has 1 fully saturated rings. The Morgan fingerprint density at radius 2 is 2.35 bits per heavy atom. The van der Waals surface area contributed by atoms with E-state index in [0.717, 1.165) is 35.2 Å². The summed E-state index contributed by atoms with van der Waals surface area (Å²) < 4.78 is 6.33. The zero-order valence-corrected chi connectivity index (χ0v) is 11.3. The van der Waals surface area contributed by atoms with Crippen molar-refractivity contribution in [2.75, 3.05) is 25.1 Å². The molecule has 0 saturated carbocycles. The van der Waals surface area contributed by atoms with Crippen LogP contribution in [-0.2, 0) is 4.74 Å². The van der Waals surface area contributed by atoms with Crippen LogP contribution in [0, 0.1) is 5.41 Å². The van der Waals surface area contributed by atoms with E-state index in [2.05, 4.69) is 20.8 Å². The first kappa shape index (κ1) is 12.4. The van der Waals surface area contributed by atoms with Gasteiger partial charge in [0.15, 0.2) is 0 Å². The minimum atomic E-state index is 0.0911. The van der Waals surface area contributed by atoms with E-state index in [1.807, 2.05) is 18.2 Å². The largest absolute Gasteiger partial charge is 0.384 e.